The summed E-state index contributed by atoms with van der Waals surface area (Å²) in [5.41, 5.74) is 4.51. The van der Waals surface area contributed by atoms with Gasteiger partial charge in [-0.25, -0.2) is 9.37 Å². The first-order chi connectivity index (χ1) is 15.1. The minimum absolute atomic E-state index is 0.337. The van der Waals surface area contributed by atoms with Gasteiger partial charge in [-0.15, -0.1) is 6.42 Å². The summed E-state index contributed by atoms with van der Waals surface area (Å²) in [6.45, 7) is 3.89. The lowest BCUT2D eigenvalue weighted by molar-refractivity contribution is 0.421. The van der Waals surface area contributed by atoms with Gasteiger partial charge in [0.15, 0.2) is 11.5 Å². The number of nitrogens with zero attached hydrogens (tertiary/aromatic N) is 5. The molecule has 152 valence electrons. The lowest BCUT2D eigenvalue weighted by atomic mass is 9.98. The highest BCUT2D eigenvalue weighted by Gasteiger charge is 2.29. The van der Waals surface area contributed by atoms with Gasteiger partial charge >= 0.3 is 0 Å². The second kappa shape index (κ2) is 7.33. The molecule has 0 saturated carbocycles. The van der Waals surface area contributed by atoms with E-state index in [2.05, 4.69) is 21.0 Å². The van der Waals surface area contributed by atoms with Gasteiger partial charge in [0.25, 0.3) is 5.89 Å². The predicted octanol–water partition coefficient (Wildman–Crippen LogP) is 4.52. The van der Waals surface area contributed by atoms with E-state index in [1.165, 1.54) is 6.07 Å². The molecule has 2 aromatic heterocycles. The van der Waals surface area contributed by atoms with Gasteiger partial charge in [-0.1, -0.05) is 30.1 Å². The summed E-state index contributed by atoms with van der Waals surface area (Å²) in [7, 11) is 0. The Morgan fingerprint density at radius 3 is 2.77 bits per heavy atom. The number of fused-ring (bicyclic) bond motifs is 3. The highest BCUT2D eigenvalue weighted by Crippen LogP contribution is 2.36. The van der Waals surface area contributed by atoms with Gasteiger partial charge in [0.05, 0.1) is 23.1 Å². The zero-order valence-electron chi connectivity index (χ0n) is 17.0. The zero-order chi connectivity index (χ0) is 21.5. The maximum absolute atomic E-state index is 14.8. The molecule has 1 aliphatic rings. The summed E-state index contributed by atoms with van der Waals surface area (Å²) in [5, 5.41) is 3.99. The lowest BCUT2D eigenvalue weighted by Gasteiger charge is -2.12. The predicted molar refractivity (Wildman–Crippen MR) is 115 cm³/mol. The topological polar surface area (TPSA) is 69.1 Å². The Balaban J connectivity index is 1.79. The van der Waals surface area contributed by atoms with Crippen molar-refractivity contribution in [2.24, 2.45) is 4.99 Å². The maximum atomic E-state index is 14.8. The summed E-state index contributed by atoms with van der Waals surface area (Å²) in [6, 6.07) is 11.8. The van der Waals surface area contributed by atoms with Crippen molar-refractivity contribution in [1.82, 2.24) is 19.7 Å². The van der Waals surface area contributed by atoms with Crippen molar-refractivity contribution in [1.29, 1.82) is 0 Å². The number of hydrogen-bond acceptors (Lipinski definition) is 5. The highest BCUT2D eigenvalue weighted by molar-refractivity contribution is 6.15. The second-order valence-corrected chi connectivity index (χ2v) is 7.23. The van der Waals surface area contributed by atoms with E-state index < -0.39 is 0 Å². The molecule has 5 rings (SSSR count). The van der Waals surface area contributed by atoms with Gasteiger partial charge in [-0.3, -0.25) is 9.56 Å². The monoisotopic (exact) mass is 411 g/mol. The molecule has 0 bridgehead atoms. The summed E-state index contributed by atoms with van der Waals surface area (Å²) in [6.07, 6.45) is 8.00. The molecule has 4 aromatic rings. The molecule has 7 heteroatoms. The summed E-state index contributed by atoms with van der Waals surface area (Å²) in [5.74, 6) is 3.25. The van der Waals surface area contributed by atoms with Crippen LogP contribution >= 0.6 is 0 Å². The van der Waals surface area contributed by atoms with Crippen LogP contribution in [0.5, 0.6) is 0 Å². The van der Waals surface area contributed by atoms with E-state index in [0.717, 1.165) is 16.9 Å². The average molecular weight is 411 g/mol. The number of hydrogen-bond donors (Lipinski definition) is 0. The molecule has 0 radical (unpaired) electrons. The van der Waals surface area contributed by atoms with E-state index in [1.54, 1.807) is 24.5 Å². The molecule has 0 saturated heterocycles. The van der Waals surface area contributed by atoms with Gasteiger partial charge in [0.2, 0.25) is 0 Å². The van der Waals surface area contributed by atoms with Crippen LogP contribution in [0.25, 0.3) is 17.3 Å². The number of rotatable bonds is 3. The van der Waals surface area contributed by atoms with Crippen LogP contribution in [0, 0.1) is 18.2 Å². The fraction of sp³-hybridized carbons (Fsp3) is 0.167. The fourth-order valence-corrected chi connectivity index (χ4v) is 3.83. The van der Waals surface area contributed by atoms with Crippen molar-refractivity contribution in [2.75, 3.05) is 0 Å². The van der Waals surface area contributed by atoms with Crippen molar-refractivity contribution in [3.05, 3.63) is 82.8 Å². The van der Waals surface area contributed by atoms with E-state index in [0.29, 0.717) is 40.7 Å². The molecule has 0 spiro atoms. The number of terminal acetylenes is 1. The van der Waals surface area contributed by atoms with Crippen LogP contribution in [0.2, 0.25) is 0 Å². The zero-order valence-corrected chi connectivity index (χ0v) is 17.0. The normalized spacial score (nSPS) is 14.9. The first-order valence-corrected chi connectivity index (χ1v) is 9.95. The molecule has 31 heavy (non-hydrogen) atoms. The number of aliphatic imine (C=N–C) groups is 1. The molecule has 0 amide bonds. The third kappa shape index (κ3) is 3.04. The number of aryl methyl sites for hydroxylation is 1. The van der Waals surface area contributed by atoms with Crippen LogP contribution in [-0.4, -0.2) is 25.4 Å². The SMILES string of the molecule is C#Cc1ccc2c(c1)C(c1ccccc1F)=NC(C)c1c(-c3nc(CC)no3)ncn1-2. The van der Waals surface area contributed by atoms with Crippen molar-refractivity contribution >= 4 is 5.71 Å². The smallest absolute Gasteiger partial charge is 0.278 e. The molecule has 2 aromatic carbocycles. The van der Waals surface area contributed by atoms with Crippen LogP contribution in [-0.2, 0) is 6.42 Å². The second-order valence-electron chi connectivity index (χ2n) is 7.23. The van der Waals surface area contributed by atoms with Crippen LogP contribution in [0.3, 0.4) is 0 Å². The first kappa shape index (κ1) is 18.9. The standard InChI is InChI=1S/C24H18FN5O/c1-4-15-10-11-19-17(12-15)21(16-8-6-7-9-18(16)25)27-14(3)23-22(26-13-30(19)23)24-28-20(5-2)29-31-24/h1,6-14H,5H2,2-3H3. The average Bonchev–Trinajstić information content (AvgIpc) is 3.42. The Kier molecular flexibility index (Phi) is 4.48. The van der Waals surface area contributed by atoms with E-state index in [9.17, 15) is 4.39 Å². The van der Waals surface area contributed by atoms with E-state index >= 15 is 0 Å². The van der Waals surface area contributed by atoms with Gasteiger partial charge in [-0.05, 0) is 37.3 Å². The molecule has 6 nitrogen and oxygen atoms in total. The highest BCUT2D eigenvalue weighted by atomic mass is 19.1. The summed E-state index contributed by atoms with van der Waals surface area (Å²) >= 11 is 0. The number of benzene rings is 2. The molecule has 1 aliphatic heterocycles. The third-order valence-electron chi connectivity index (χ3n) is 5.32. The van der Waals surface area contributed by atoms with E-state index in [4.69, 9.17) is 15.9 Å². The third-order valence-corrected chi connectivity index (χ3v) is 5.32. The van der Waals surface area contributed by atoms with Gasteiger partial charge < -0.3 is 4.52 Å². The molecular formula is C24H18FN5O. The van der Waals surface area contributed by atoms with Crippen LogP contribution in [0.1, 0.15) is 48.1 Å². The molecule has 0 fully saturated rings. The Morgan fingerprint density at radius 1 is 1.19 bits per heavy atom. The van der Waals surface area contributed by atoms with Crippen molar-refractivity contribution in [3.8, 4) is 29.6 Å². The molecule has 1 unspecified atom stereocenters. The van der Waals surface area contributed by atoms with E-state index in [1.807, 2.05) is 36.6 Å². The summed E-state index contributed by atoms with van der Waals surface area (Å²) < 4.78 is 22.1. The Morgan fingerprint density at radius 2 is 2.03 bits per heavy atom. The lowest BCUT2D eigenvalue weighted by Crippen LogP contribution is -2.09. The van der Waals surface area contributed by atoms with Crippen LogP contribution in [0.4, 0.5) is 4.39 Å². The first-order valence-electron chi connectivity index (χ1n) is 9.95. The van der Waals surface area contributed by atoms with Crippen molar-refractivity contribution in [3.63, 3.8) is 0 Å². The van der Waals surface area contributed by atoms with Crippen molar-refractivity contribution in [2.45, 2.75) is 26.3 Å². The Labute approximate surface area is 178 Å². The van der Waals surface area contributed by atoms with Crippen molar-refractivity contribution < 1.29 is 8.91 Å². The van der Waals surface area contributed by atoms with Gasteiger partial charge in [0, 0.05) is 23.1 Å². The fourth-order valence-electron chi connectivity index (χ4n) is 3.83. The van der Waals surface area contributed by atoms with Gasteiger partial charge in [0.1, 0.15) is 12.1 Å². The molecular weight excluding hydrogens is 393 g/mol. The number of aromatic nitrogens is 4. The van der Waals surface area contributed by atoms with Gasteiger partial charge in [-0.2, -0.15) is 4.98 Å². The summed E-state index contributed by atoms with van der Waals surface area (Å²) in [4.78, 5) is 13.9. The Hall–Kier alpha value is -4.05. The number of imidazole rings is 1. The maximum Gasteiger partial charge on any atom is 0.278 e. The van der Waals surface area contributed by atoms with E-state index in [-0.39, 0.29) is 11.9 Å². The van der Waals surface area contributed by atoms with Crippen LogP contribution in [0.15, 0.2) is 58.3 Å². The van der Waals surface area contributed by atoms with Crippen LogP contribution < -0.4 is 0 Å². The number of halogens is 1. The minimum atomic E-state index is -0.356. The largest absolute Gasteiger partial charge is 0.332 e. The quantitative estimate of drug-likeness (QED) is 0.465. The molecule has 3 heterocycles. The minimum Gasteiger partial charge on any atom is -0.332 e. The molecule has 0 N–H and O–H groups in total. The Bertz CT molecular complexity index is 1370. The molecule has 1 atom stereocenters. The molecule has 0 aliphatic carbocycles.